The predicted molar refractivity (Wildman–Crippen MR) is 91.5 cm³/mol. The molecule has 6 heteroatoms. The van der Waals surface area contributed by atoms with E-state index in [4.69, 9.17) is 9.15 Å². The minimum Gasteiger partial charge on any atom is -0.465 e. The van der Waals surface area contributed by atoms with Crippen LogP contribution in [0.5, 0.6) is 0 Å². The van der Waals surface area contributed by atoms with Crippen molar-refractivity contribution in [2.24, 2.45) is 0 Å². The molecule has 0 saturated heterocycles. The van der Waals surface area contributed by atoms with Gasteiger partial charge in [0.25, 0.3) is 5.91 Å². The van der Waals surface area contributed by atoms with Gasteiger partial charge in [0.15, 0.2) is 5.76 Å². The lowest BCUT2D eigenvalue weighted by Crippen LogP contribution is -2.41. The van der Waals surface area contributed by atoms with E-state index < -0.39 is 5.97 Å². The van der Waals surface area contributed by atoms with Gasteiger partial charge >= 0.3 is 5.97 Å². The molecule has 0 aliphatic rings. The van der Waals surface area contributed by atoms with Crippen LogP contribution in [0.4, 0.5) is 0 Å². The average molecular weight is 382 g/mol. The van der Waals surface area contributed by atoms with Crippen molar-refractivity contribution >= 4 is 38.8 Å². The Labute approximate surface area is 143 Å². The van der Waals surface area contributed by atoms with E-state index in [0.717, 1.165) is 15.4 Å². The highest BCUT2D eigenvalue weighted by Gasteiger charge is 2.27. The third-order valence-electron chi connectivity index (χ3n) is 3.58. The number of furan rings is 1. The van der Waals surface area contributed by atoms with Gasteiger partial charge in [-0.1, -0.05) is 15.9 Å². The average Bonchev–Trinajstić information content (AvgIpc) is 2.81. The lowest BCUT2D eigenvalue weighted by molar-refractivity contribution is -0.144. The number of carbonyl (C=O) groups excluding carboxylic acids is 2. The number of esters is 1. The van der Waals surface area contributed by atoms with Gasteiger partial charge in [0.05, 0.1) is 6.61 Å². The standard InChI is InChI=1S/C17H20BrNO4/c1-5-22-15(20)9-19(10(2)3)17(21)16-11(4)13-8-12(18)6-7-14(13)23-16/h6-8,10H,5,9H2,1-4H3. The van der Waals surface area contributed by atoms with Crippen LogP contribution in [0.25, 0.3) is 11.0 Å². The van der Waals surface area contributed by atoms with Crippen LogP contribution < -0.4 is 0 Å². The zero-order valence-corrected chi connectivity index (χ0v) is 15.3. The number of hydrogen-bond donors (Lipinski definition) is 0. The molecule has 5 nitrogen and oxygen atoms in total. The van der Waals surface area contributed by atoms with E-state index in [-0.39, 0.29) is 30.9 Å². The van der Waals surface area contributed by atoms with Crippen LogP contribution in [0.1, 0.15) is 36.9 Å². The maximum atomic E-state index is 12.8. The van der Waals surface area contributed by atoms with Crippen LogP contribution in [0.2, 0.25) is 0 Å². The van der Waals surface area contributed by atoms with Gasteiger partial charge in [-0.05, 0) is 45.9 Å². The highest BCUT2D eigenvalue weighted by molar-refractivity contribution is 9.10. The number of carbonyl (C=O) groups is 2. The summed E-state index contributed by atoms with van der Waals surface area (Å²) in [5.41, 5.74) is 1.41. The van der Waals surface area contributed by atoms with E-state index in [2.05, 4.69) is 15.9 Å². The monoisotopic (exact) mass is 381 g/mol. The quantitative estimate of drug-likeness (QED) is 0.736. The van der Waals surface area contributed by atoms with Gasteiger partial charge in [-0.3, -0.25) is 9.59 Å². The molecule has 0 bridgehead atoms. The van der Waals surface area contributed by atoms with Gasteiger partial charge in [0.1, 0.15) is 12.1 Å². The van der Waals surface area contributed by atoms with E-state index in [1.54, 1.807) is 6.92 Å². The van der Waals surface area contributed by atoms with Crippen LogP contribution in [0.3, 0.4) is 0 Å². The Balaban J connectivity index is 2.36. The summed E-state index contributed by atoms with van der Waals surface area (Å²) in [6.07, 6.45) is 0. The van der Waals surface area contributed by atoms with E-state index >= 15 is 0 Å². The first-order chi connectivity index (χ1) is 10.8. The topological polar surface area (TPSA) is 59.8 Å². The van der Waals surface area contributed by atoms with Crippen LogP contribution in [-0.2, 0) is 9.53 Å². The molecular weight excluding hydrogens is 362 g/mol. The third-order valence-corrected chi connectivity index (χ3v) is 4.07. The first-order valence-corrected chi connectivity index (χ1v) is 8.29. The SMILES string of the molecule is CCOC(=O)CN(C(=O)c1oc2ccc(Br)cc2c1C)C(C)C. The molecule has 2 rings (SSSR count). The maximum Gasteiger partial charge on any atom is 0.325 e. The number of rotatable bonds is 5. The van der Waals surface area contributed by atoms with Crippen LogP contribution in [-0.4, -0.2) is 36.0 Å². The summed E-state index contributed by atoms with van der Waals surface area (Å²) in [7, 11) is 0. The van der Waals surface area contributed by atoms with Gasteiger partial charge in [-0.2, -0.15) is 0 Å². The summed E-state index contributed by atoms with van der Waals surface area (Å²) in [6, 6.07) is 5.44. The van der Waals surface area contributed by atoms with Crippen molar-refractivity contribution in [3.63, 3.8) is 0 Å². The summed E-state index contributed by atoms with van der Waals surface area (Å²) < 4.78 is 11.6. The molecule has 0 saturated carbocycles. The van der Waals surface area contributed by atoms with E-state index in [1.807, 2.05) is 39.0 Å². The molecule has 0 spiro atoms. The summed E-state index contributed by atoms with van der Waals surface area (Å²) in [4.78, 5) is 26.0. The molecule has 0 radical (unpaired) electrons. The number of benzene rings is 1. The summed E-state index contributed by atoms with van der Waals surface area (Å²) in [5.74, 6) is -0.472. The number of hydrogen-bond acceptors (Lipinski definition) is 4. The fourth-order valence-electron chi connectivity index (χ4n) is 2.36. The summed E-state index contributed by atoms with van der Waals surface area (Å²) >= 11 is 3.42. The second-order valence-corrected chi connectivity index (χ2v) is 6.44. The molecule has 2 aromatic rings. The summed E-state index contributed by atoms with van der Waals surface area (Å²) in [6.45, 7) is 7.48. The van der Waals surface area contributed by atoms with Crippen LogP contribution >= 0.6 is 15.9 Å². The minimum absolute atomic E-state index is 0.0927. The number of amides is 1. The molecule has 0 aliphatic carbocycles. The Bertz CT molecular complexity index is 736. The number of nitrogens with zero attached hydrogens (tertiary/aromatic N) is 1. The number of ether oxygens (including phenoxy) is 1. The fraction of sp³-hybridized carbons (Fsp3) is 0.412. The molecular formula is C17H20BrNO4. The van der Waals surface area contributed by atoms with Crippen molar-refractivity contribution in [3.05, 3.63) is 34.0 Å². The smallest absolute Gasteiger partial charge is 0.325 e. The zero-order valence-electron chi connectivity index (χ0n) is 13.7. The zero-order chi connectivity index (χ0) is 17.1. The molecule has 0 unspecified atom stereocenters. The predicted octanol–water partition coefficient (Wildman–Crippen LogP) is 3.92. The molecule has 0 aliphatic heterocycles. The Morgan fingerprint density at radius 1 is 1.35 bits per heavy atom. The second kappa shape index (κ2) is 7.17. The number of fused-ring (bicyclic) bond motifs is 1. The third kappa shape index (κ3) is 3.75. The Morgan fingerprint density at radius 3 is 2.65 bits per heavy atom. The highest BCUT2D eigenvalue weighted by atomic mass is 79.9. The van der Waals surface area contributed by atoms with E-state index in [1.165, 1.54) is 4.90 Å². The lowest BCUT2D eigenvalue weighted by atomic mass is 10.1. The lowest BCUT2D eigenvalue weighted by Gasteiger charge is -2.24. The van der Waals surface area contributed by atoms with Crippen molar-refractivity contribution < 1.29 is 18.7 Å². The normalized spacial score (nSPS) is 11.0. The van der Waals surface area contributed by atoms with Crippen molar-refractivity contribution in [2.75, 3.05) is 13.2 Å². The van der Waals surface area contributed by atoms with Gasteiger partial charge in [-0.25, -0.2) is 0 Å². The molecule has 1 aromatic heterocycles. The van der Waals surface area contributed by atoms with Crippen LogP contribution in [0, 0.1) is 6.92 Å². The largest absolute Gasteiger partial charge is 0.465 e. The Hall–Kier alpha value is -1.82. The molecule has 124 valence electrons. The van der Waals surface area contributed by atoms with Gasteiger partial charge < -0.3 is 14.1 Å². The maximum absolute atomic E-state index is 12.8. The number of halogens is 1. The van der Waals surface area contributed by atoms with Crippen molar-refractivity contribution in [3.8, 4) is 0 Å². The van der Waals surface area contributed by atoms with Crippen molar-refractivity contribution in [2.45, 2.75) is 33.7 Å². The van der Waals surface area contributed by atoms with Crippen molar-refractivity contribution in [1.29, 1.82) is 0 Å². The molecule has 1 amide bonds. The van der Waals surface area contributed by atoms with Gasteiger partial charge in [0.2, 0.25) is 0 Å². The molecule has 1 aromatic carbocycles. The molecule has 1 heterocycles. The number of aryl methyl sites for hydroxylation is 1. The minimum atomic E-state index is -0.425. The fourth-order valence-corrected chi connectivity index (χ4v) is 2.72. The Morgan fingerprint density at radius 2 is 2.04 bits per heavy atom. The molecule has 23 heavy (non-hydrogen) atoms. The summed E-state index contributed by atoms with van der Waals surface area (Å²) in [5, 5.41) is 0.877. The highest BCUT2D eigenvalue weighted by Crippen LogP contribution is 2.29. The Kier molecular flexibility index (Phi) is 5.46. The van der Waals surface area contributed by atoms with Gasteiger partial charge in [0, 0.05) is 21.5 Å². The van der Waals surface area contributed by atoms with E-state index in [9.17, 15) is 9.59 Å². The molecule has 0 N–H and O–H groups in total. The van der Waals surface area contributed by atoms with Gasteiger partial charge in [-0.15, -0.1) is 0 Å². The first kappa shape index (κ1) is 17.5. The van der Waals surface area contributed by atoms with E-state index in [0.29, 0.717) is 5.58 Å². The van der Waals surface area contributed by atoms with Crippen LogP contribution in [0.15, 0.2) is 27.1 Å². The second-order valence-electron chi connectivity index (χ2n) is 5.53. The van der Waals surface area contributed by atoms with Crippen molar-refractivity contribution in [1.82, 2.24) is 4.90 Å². The first-order valence-electron chi connectivity index (χ1n) is 7.50. The molecule has 0 atom stereocenters. The molecule has 0 fully saturated rings.